The largest absolute Gasteiger partial charge is 0.398 e. The van der Waals surface area contributed by atoms with E-state index in [1.807, 2.05) is 4.72 Å². The molecule has 0 aliphatic carbocycles. The van der Waals surface area contributed by atoms with Crippen molar-refractivity contribution in [3.05, 3.63) is 53.6 Å². The van der Waals surface area contributed by atoms with E-state index < -0.39 is 26.6 Å². The summed E-state index contributed by atoms with van der Waals surface area (Å²) in [6, 6.07) is 7.79. The molecule has 3 N–H and O–H groups in total. The molecule has 108 valence electrons. The summed E-state index contributed by atoms with van der Waals surface area (Å²) in [5, 5.41) is 8.62. The lowest BCUT2D eigenvalue weighted by Crippen LogP contribution is -2.16. The lowest BCUT2D eigenvalue weighted by molar-refractivity contribution is 0.594. The molecule has 0 saturated carbocycles. The zero-order chi connectivity index (χ0) is 15.6. The second kappa shape index (κ2) is 5.38. The van der Waals surface area contributed by atoms with E-state index in [0.717, 1.165) is 30.3 Å². The number of anilines is 2. The van der Waals surface area contributed by atoms with Gasteiger partial charge in [0.25, 0.3) is 10.0 Å². The third-order valence-electron chi connectivity index (χ3n) is 2.61. The minimum atomic E-state index is -4.25. The van der Waals surface area contributed by atoms with Crippen molar-refractivity contribution in [3.63, 3.8) is 0 Å². The molecule has 21 heavy (non-hydrogen) atoms. The molecule has 0 amide bonds. The van der Waals surface area contributed by atoms with Gasteiger partial charge < -0.3 is 5.73 Å². The van der Waals surface area contributed by atoms with Crippen LogP contribution in [0, 0.1) is 23.0 Å². The Morgan fingerprint density at radius 3 is 2.48 bits per heavy atom. The molecule has 0 radical (unpaired) electrons. The number of hydrogen-bond acceptors (Lipinski definition) is 4. The van der Waals surface area contributed by atoms with Crippen LogP contribution in [0.1, 0.15) is 5.56 Å². The van der Waals surface area contributed by atoms with Crippen molar-refractivity contribution < 1.29 is 17.2 Å². The summed E-state index contributed by atoms with van der Waals surface area (Å²) in [6.07, 6.45) is 0. The monoisotopic (exact) mass is 309 g/mol. The Bertz CT molecular complexity index is 845. The molecule has 2 rings (SSSR count). The number of hydrogen-bond donors (Lipinski definition) is 2. The Balaban J connectivity index is 2.43. The van der Waals surface area contributed by atoms with Crippen molar-refractivity contribution in [2.24, 2.45) is 0 Å². The molecular weight excluding hydrogens is 300 g/mol. The fraction of sp³-hybridized carbons (Fsp3) is 0. The maximum absolute atomic E-state index is 13.7. The fourth-order valence-corrected chi connectivity index (χ4v) is 2.82. The van der Waals surface area contributed by atoms with Gasteiger partial charge in [0.15, 0.2) is 0 Å². The van der Waals surface area contributed by atoms with Crippen LogP contribution in [-0.2, 0) is 10.0 Å². The van der Waals surface area contributed by atoms with Crippen LogP contribution in [0.2, 0.25) is 0 Å². The van der Waals surface area contributed by atoms with E-state index in [-0.39, 0.29) is 16.9 Å². The van der Waals surface area contributed by atoms with Crippen molar-refractivity contribution in [1.82, 2.24) is 0 Å². The van der Waals surface area contributed by atoms with Crippen LogP contribution in [0.15, 0.2) is 41.3 Å². The molecule has 0 bridgehead atoms. The SMILES string of the molecule is N#Cc1ccc(NS(=O)(=O)c2cc(F)ccc2N)c(F)c1. The van der Waals surface area contributed by atoms with Gasteiger partial charge in [0.1, 0.15) is 16.5 Å². The van der Waals surface area contributed by atoms with Crippen LogP contribution in [0.4, 0.5) is 20.2 Å². The third kappa shape index (κ3) is 3.09. The lowest BCUT2D eigenvalue weighted by Gasteiger charge is -2.11. The molecule has 0 aliphatic rings. The van der Waals surface area contributed by atoms with E-state index in [0.29, 0.717) is 0 Å². The minimum Gasteiger partial charge on any atom is -0.398 e. The Labute approximate surface area is 119 Å². The first-order chi connectivity index (χ1) is 9.83. The average Bonchev–Trinajstić information content (AvgIpc) is 2.43. The normalized spacial score (nSPS) is 10.9. The van der Waals surface area contributed by atoms with Crippen molar-refractivity contribution in [3.8, 4) is 6.07 Å². The summed E-state index contributed by atoms with van der Waals surface area (Å²) in [6.45, 7) is 0. The van der Waals surface area contributed by atoms with Gasteiger partial charge in [-0.25, -0.2) is 17.2 Å². The number of sulfonamides is 1. The summed E-state index contributed by atoms with van der Waals surface area (Å²) in [5.41, 5.74) is 5.00. The predicted octanol–water partition coefficient (Wildman–Crippen LogP) is 2.22. The highest BCUT2D eigenvalue weighted by atomic mass is 32.2. The molecule has 0 saturated heterocycles. The summed E-state index contributed by atoms with van der Waals surface area (Å²) in [5.74, 6) is -1.71. The van der Waals surface area contributed by atoms with Crippen LogP contribution in [0.25, 0.3) is 0 Å². The molecule has 8 heteroatoms. The Morgan fingerprint density at radius 2 is 1.86 bits per heavy atom. The number of nitrogen functional groups attached to an aromatic ring is 1. The van der Waals surface area contributed by atoms with Crippen LogP contribution in [-0.4, -0.2) is 8.42 Å². The van der Waals surface area contributed by atoms with E-state index >= 15 is 0 Å². The molecule has 5 nitrogen and oxygen atoms in total. The predicted molar refractivity (Wildman–Crippen MR) is 72.7 cm³/mol. The van der Waals surface area contributed by atoms with Crippen LogP contribution >= 0.6 is 0 Å². The highest BCUT2D eigenvalue weighted by molar-refractivity contribution is 7.92. The van der Waals surface area contributed by atoms with E-state index in [1.165, 1.54) is 6.07 Å². The number of nitrogens with zero attached hydrogens (tertiary/aromatic N) is 1. The van der Waals surface area contributed by atoms with E-state index in [4.69, 9.17) is 11.0 Å². The molecular formula is C13H9F2N3O2S. The fourth-order valence-electron chi connectivity index (χ4n) is 1.61. The van der Waals surface area contributed by atoms with Gasteiger partial charge in [0.2, 0.25) is 0 Å². The molecule has 0 unspecified atom stereocenters. The number of halogens is 2. The van der Waals surface area contributed by atoms with Gasteiger partial charge in [-0.15, -0.1) is 0 Å². The van der Waals surface area contributed by atoms with Crippen molar-refractivity contribution >= 4 is 21.4 Å². The second-order valence-electron chi connectivity index (χ2n) is 4.09. The second-order valence-corrected chi connectivity index (χ2v) is 5.74. The number of benzene rings is 2. The quantitative estimate of drug-likeness (QED) is 0.850. The van der Waals surface area contributed by atoms with Gasteiger partial charge in [-0.05, 0) is 36.4 Å². The molecule has 0 spiro atoms. The summed E-state index contributed by atoms with van der Waals surface area (Å²) < 4.78 is 53.0. The Kier molecular flexibility index (Phi) is 3.78. The van der Waals surface area contributed by atoms with Crippen LogP contribution in [0.5, 0.6) is 0 Å². The highest BCUT2D eigenvalue weighted by Gasteiger charge is 2.20. The zero-order valence-corrected chi connectivity index (χ0v) is 11.3. The van der Waals surface area contributed by atoms with Gasteiger partial charge in [-0.3, -0.25) is 4.72 Å². The van der Waals surface area contributed by atoms with E-state index in [2.05, 4.69) is 0 Å². The third-order valence-corrected chi connectivity index (χ3v) is 4.03. The molecule has 0 fully saturated rings. The van der Waals surface area contributed by atoms with E-state index in [1.54, 1.807) is 6.07 Å². The van der Waals surface area contributed by atoms with Crippen LogP contribution < -0.4 is 10.5 Å². The number of rotatable bonds is 3. The van der Waals surface area contributed by atoms with Crippen molar-refractivity contribution in [1.29, 1.82) is 5.26 Å². The average molecular weight is 309 g/mol. The Morgan fingerprint density at radius 1 is 1.14 bits per heavy atom. The molecule has 2 aromatic carbocycles. The molecule has 2 aromatic rings. The van der Waals surface area contributed by atoms with Gasteiger partial charge in [0.05, 0.1) is 23.0 Å². The number of nitrogens with two attached hydrogens (primary N) is 1. The first-order valence-electron chi connectivity index (χ1n) is 5.61. The molecule has 0 atom stereocenters. The minimum absolute atomic E-state index is 0.0423. The smallest absolute Gasteiger partial charge is 0.264 e. The first kappa shape index (κ1) is 14.7. The number of nitrogens with one attached hydrogen (secondary N) is 1. The van der Waals surface area contributed by atoms with Gasteiger partial charge in [-0.1, -0.05) is 0 Å². The molecule has 0 heterocycles. The Hall–Kier alpha value is -2.66. The lowest BCUT2D eigenvalue weighted by atomic mass is 10.2. The maximum atomic E-state index is 13.7. The van der Waals surface area contributed by atoms with Crippen molar-refractivity contribution in [2.45, 2.75) is 4.90 Å². The van der Waals surface area contributed by atoms with Crippen LogP contribution in [0.3, 0.4) is 0 Å². The zero-order valence-electron chi connectivity index (χ0n) is 10.5. The first-order valence-corrected chi connectivity index (χ1v) is 7.09. The molecule has 0 aromatic heterocycles. The van der Waals surface area contributed by atoms with E-state index in [9.17, 15) is 17.2 Å². The number of nitriles is 1. The van der Waals surface area contributed by atoms with Crippen molar-refractivity contribution in [2.75, 3.05) is 10.5 Å². The highest BCUT2D eigenvalue weighted by Crippen LogP contribution is 2.24. The molecule has 0 aliphatic heterocycles. The van der Waals surface area contributed by atoms with Gasteiger partial charge >= 0.3 is 0 Å². The summed E-state index contributed by atoms with van der Waals surface area (Å²) >= 11 is 0. The summed E-state index contributed by atoms with van der Waals surface area (Å²) in [7, 11) is -4.25. The van der Waals surface area contributed by atoms with Gasteiger partial charge in [0, 0.05) is 0 Å². The topological polar surface area (TPSA) is 96.0 Å². The van der Waals surface area contributed by atoms with Gasteiger partial charge in [-0.2, -0.15) is 5.26 Å². The summed E-state index contributed by atoms with van der Waals surface area (Å²) in [4.78, 5) is -0.494. The maximum Gasteiger partial charge on any atom is 0.264 e. The standard InChI is InChI=1S/C13H9F2N3O2S/c14-9-2-3-11(17)13(6-9)21(19,20)18-12-4-1-8(7-16)5-10(12)15/h1-6,18H,17H2.